The Balaban J connectivity index is 2.41. The highest BCUT2D eigenvalue weighted by molar-refractivity contribution is 6.33. The molecule has 0 aliphatic carbocycles. The average molecular weight is 333 g/mol. The lowest BCUT2D eigenvalue weighted by Gasteiger charge is -2.11. The molecule has 0 amide bonds. The van der Waals surface area contributed by atoms with E-state index in [0.29, 0.717) is 0 Å². The predicted octanol–water partition coefficient (Wildman–Crippen LogP) is 4.42. The molecule has 0 spiro atoms. The summed E-state index contributed by atoms with van der Waals surface area (Å²) in [6.45, 7) is 0. The van der Waals surface area contributed by atoms with E-state index < -0.39 is 11.7 Å². The highest BCUT2D eigenvalue weighted by Crippen LogP contribution is 2.33. The zero-order chi connectivity index (χ0) is 15.6. The van der Waals surface area contributed by atoms with Crippen LogP contribution in [0.25, 0.3) is 0 Å². The minimum Gasteiger partial charge on any atom is -0.338 e. The lowest BCUT2D eigenvalue weighted by Crippen LogP contribution is -2.06. The molecule has 0 aliphatic rings. The van der Waals surface area contributed by atoms with Crippen molar-refractivity contribution in [3.63, 3.8) is 0 Å². The lowest BCUT2D eigenvalue weighted by molar-refractivity contribution is -0.137. The Morgan fingerprint density at radius 2 is 1.95 bits per heavy atom. The fourth-order valence-corrected chi connectivity index (χ4v) is 1.75. The first-order chi connectivity index (χ1) is 9.81. The number of nitrogens with one attached hydrogen (secondary N) is 1. The van der Waals surface area contributed by atoms with Crippen LogP contribution >= 0.6 is 23.2 Å². The van der Waals surface area contributed by atoms with E-state index in [1.165, 1.54) is 6.20 Å². The largest absolute Gasteiger partial charge is 0.416 e. The minimum atomic E-state index is -4.53. The van der Waals surface area contributed by atoms with Crippen LogP contribution in [0.15, 0.2) is 24.4 Å². The molecule has 0 unspecified atom stereocenters. The van der Waals surface area contributed by atoms with Gasteiger partial charge >= 0.3 is 6.18 Å². The van der Waals surface area contributed by atoms with E-state index in [0.717, 1.165) is 18.2 Å². The van der Waals surface area contributed by atoms with Gasteiger partial charge in [-0.05, 0) is 29.8 Å². The van der Waals surface area contributed by atoms with Crippen LogP contribution in [0.4, 0.5) is 24.7 Å². The fourth-order valence-electron chi connectivity index (χ4n) is 1.48. The third-order valence-electron chi connectivity index (χ3n) is 2.44. The van der Waals surface area contributed by atoms with E-state index >= 15 is 0 Å². The molecular weight excluding hydrogens is 328 g/mol. The second-order valence-corrected chi connectivity index (χ2v) is 4.58. The molecule has 0 atom stereocenters. The number of nitriles is 1. The Labute approximate surface area is 127 Å². The van der Waals surface area contributed by atoms with Crippen molar-refractivity contribution in [3.8, 4) is 6.07 Å². The van der Waals surface area contributed by atoms with Crippen molar-refractivity contribution < 1.29 is 13.2 Å². The van der Waals surface area contributed by atoms with E-state index in [-0.39, 0.29) is 27.4 Å². The van der Waals surface area contributed by atoms with Crippen LogP contribution in [0.1, 0.15) is 11.1 Å². The standard InChI is InChI=1S/C12H5Cl2F3N4/c13-8-5-19-11(14)21-10(8)20-9-2-1-7(12(15,16)17)3-6(9)4-18/h1-3,5H,(H,19,20,21). The molecule has 0 saturated heterocycles. The highest BCUT2D eigenvalue weighted by Gasteiger charge is 2.31. The summed E-state index contributed by atoms with van der Waals surface area (Å²) in [6.07, 6.45) is -3.30. The molecule has 1 N–H and O–H groups in total. The number of alkyl halides is 3. The second kappa shape index (κ2) is 5.76. The molecule has 2 aromatic rings. The molecule has 0 radical (unpaired) electrons. The number of anilines is 2. The molecule has 108 valence electrons. The normalized spacial score (nSPS) is 11.0. The summed E-state index contributed by atoms with van der Waals surface area (Å²) in [4.78, 5) is 7.43. The molecule has 2 rings (SSSR count). The molecule has 21 heavy (non-hydrogen) atoms. The molecule has 1 aromatic carbocycles. The molecule has 0 aliphatic heterocycles. The fraction of sp³-hybridized carbons (Fsp3) is 0.0833. The van der Waals surface area contributed by atoms with Crippen LogP contribution < -0.4 is 5.32 Å². The van der Waals surface area contributed by atoms with Gasteiger partial charge in [0.1, 0.15) is 11.1 Å². The zero-order valence-electron chi connectivity index (χ0n) is 10.0. The van der Waals surface area contributed by atoms with Crippen molar-refractivity contribution in [2.24, 2.45) is 0 Å². The first-order valence-electron chi connectivity index (χ1n) is 5.37. The Hall–Kier alpha value is -2.04. The Bertz CT molecular complexity index is 725. The van der Waals surface area contributed by atoms with E-state index in [2.05, 4.69) is 15.3 Å². The topological polar surface area (TPSA) is 61.6 Å². The van der Waals surface area contributed by atoms with Crippen molar-refractivity contribution in [1.29, 1.82) is 5.26 Å². The predicted molar refractivity (Wildman–Crippen MR) is 71.5 cm³/mol. The third kappa shape index (κ3) is 3.54. The zero-order valence-corrected chi connectivity index (χ0v) is 11.6. The molecule has 9 heteroatoms. The number of benzene rings is 1. The van der Waals surface area contributed by atoms with Gasteiger partial charge in [0.25, 0.3) is 0 Å². The summed E-state index contributed by atoms with van der Waals surface area (Å²) < 4.78 is 37.8. The van der Waals surface area contributed by atoms with Crippen LogP contribution in [0.5, 0.6) is 0 Å². The summed E-state index contributed by atoms with van der Waals surface area (Å²) in [6, 6.07) is 4.38. The van der Waals surface area contributed by atoms with E-state index in [9.17, 15) is 13.2 Å². The van der Waals surface area contributed by atoms with Crippen molar-refractivity contribution in [1.82, 2.24) is 9.97 Å². The van der Waals surface area contributed by atoms with Crippen LogP contribution in [0, 0.1) is 11.3 Å². The molecular formula is C12H5Cl2F3N4. The van der Waals surface area contributed by atoms with Gasteiger partial charge in [-0.15, -0.1) is 0 Å². The third-order valence-corrected chi connectivity index (χ3v) is 2.89. The number of halogens is 5. The van der Waals surface area contributed by atoms with Gasteiger partial charge in [-0.2, -0.15) is 23.4 Å². The van der Waals surface area contributed by atoms with Gasteiger partial charge in [0.05, 0.1) is 23.0 Å². The minimum absolute atomic E-state index is 0.0904. The van der Waals surface area contributed by atoms with Crippen LogP contribution in [-0.2, 0) is 6.18 Å². The van der Waals surface area contributed by atoms with Crippen LogP contribution in [0.3, 0.4) is 0 Å². The Morgan fingerprint density at radius 3 is 2.57 bits per heavy atom. The van der Waals surface area contributed by atoms with Gasteiger partial charge in [0.15, 0.2) is 5.82 Å². The maximum absolute atomic E-state index is 12.6. The molecule has 0 bridgehead atoms. The van der Waals surface area contributed by atoms with E-state index in [1.54, 1.807) is 6.07 Å². The molecule has 0 fully saturated rings. The quantitative estimate of drug-likeness (QED) is 0.827. The summed E-state index contributed by atoms with van der Waals surface area (Å²) in [5.74, 6) is 0.0907. The van der Waals surface area contributed by atoms with E-state index in [4.69, 9.17) is 28.5 Å². The van der Waals surface area contributed by atoms with Gasteiger partial charge in [-0.1, -0.05) is 11.6 Å². The van der Waals surface area contributed by atoms with E-state index in [1.807, 2.05) is 0 Å². The van der Waals surface area contributed by atoms with Crippen molar-refractivity contribution in [3.05, 3.63) is 45.8 Å². The average Bonchev–Trinajstić information content (AvgIpc) is 2.42. The monoisotopic (exact) mass is 332 g/mol. The number of aromatic nitrogens is 2. The molecule has 1 heterocycles. The summed E-state index contributed by atoms with van der Waals surface area (Å²) in [7, 11) is 0. The second-order valence-electron chi connectivity index (χ2n) is 3.83. The van der Waals surface area contributed by atoms with Gasteiger partial charge in [0, 0.05) is 0 Å². The van der Waals surface area contributed by atoms with Crippen molar-refractivity contribution >= 4 is 34.7 Å². The molecule has 4 nitrogen and oxygen atoms in total. The maximum atomic E-state index is 12.6. The first-order valence-corrected chi connectivity index (χ1v) is 6.13. The van der Waals surface area contributed by atoms with Crippen LogP contribution in [0.2, 0.25) is 10.3 Å². The summed E-state index contributed by atoms with van der Waals surface area (Å²) >= 11 is 11.4. The summed E-state index contributed by atoms with van der Waals surface area (Å²) in [5.41, 5.74) is -0.991. The SMILES string of the molecule is N#Cc1cc(C(F)(F)F)ccc1Nc1nc(Cl)ncc1Cl. The number of hydrogen-bond donors (Lipinski definition) is 1. The smallest absolute Gasteiger partial charge is 0.338 e. The van der Waals surface area contributed by atoms with Gasteiger partial charge in [0.2, 0.25) is 5.28 Å². The van der Waals surface area contributed by atoms with Crippen molar-refractivity contribution in [2.75, 3.05) is 5.32 Å². The van der Waals surface area contributed by atoms with Crippen LogP contribution in [-0.4, -0.2) is 9.97 Å². The van der Waals surface area contributed by atoms with Gasteiger partial charge in [-0.3, -0.25) is 0 Å². The summed E-state index contributed by atoms with van der Waals surface area (Å²) in [5, 5.41) is 11.6. The van der Waals surface area contributed by atoms with Crippen molar-refractivity contribution in [2.45, 2.75) is 6.18 Å². The number of hydrogen-bond acceptors (Lipinski definition) is 4. The number of rotatable bonds is 2. The Kier molecular flexibility index (Phi) is 4.21. The molecule has 0 saturated carbocycles. The first kappa shape index (κ1) is 15.4. The lowest BCUT2D eigenvalue weighted by atomic mass is 10.1. The van der Waals surface area contributed by atoms with Gasteiger partial charge in [-0.25, -0.2) is 4.98 Å². The van der Waals surface area contributed by atoms with Gasteiger partial charge < -0.3 is 5.32 Å². The Morgan fingerprint density at radius 1 is 1.24 bits per heavy atom. The maximum Gasteiger partial charge on any atom is 0.416 e. The molecule has 1 aromatic heterocycles. The number of nitrogens with zero attached hydrogens (tertiary/aromatic N) is 3. The highest BCUT2D eigenvalue weighted by atomic mass is 35.5.